The van der Waals surface area contributed by atoms with Gasteiger partial charge < -0.3 is 20.1 Å². The number of rotatable bonds is 8. The molecule has 0 aliphatic carbocycles. The number of aromatic hydroxyl groups is 1. The third-order valence-corrected chi connectivity index (χ3v) is 7.01. The number of thiophene rings is 1. The van der Waals surface area contributed by atoms with Gasteiger partial charge in [-0.05, 0) is 47.8 Å². The van der Waals surface area contributed by atoms with Gasteiger partial charge in [-0.2, -0.15) is 0 Å². The van der Waals surface area contributed by atoms with Gasteiger partial charge in [0.05, 0.1) is 5.69 Å². The Morgan fingerprint density at radius 3 is 2.34 bits per heavy atom. The summed E-state index contributed by atoms with van der Waals surface area (Å²) in [6, 6.07) is 13.8. The van der Waals surface area contributed by atoms with Crippen LogP contribution in [0, 0.1) is 0 Å². The van der Waals surface area contributed by atoms with Crippen LogP contribution in [-0.4, -0.2) is 46.1 Å². The first kappa shape index (κ1) is 23.1. The summed E-state index contributed by atoms with van der Waals surface area (Å²) < 4.78 is 31.9. The molecule has 32 heavy (non-hydrogen) atoms. The molecule has 3 aromatic rings. The van der Waals surface area contributed by atoms with Crippen molar-refractivity contribution in [1.29, 1.82) is 0 Å². The van der Waals surface area contributed by atoms with Crippen LogP contribution >= 0.6 is 11.3 Å². The quantitative estimate of drug-likeness (QED) is 0.428. The monoisotopic (exact) mass is 475 g/mol. The molecule has 0 fully saturated rings. The standard InChI is InChI=1S/C21H21N3O6S2/c1-24(2)16-8-5-14(6-9-16)22-19(26)13-30-21(27)17-10-7-15(12-18(17)25)23-32(28,29)20-4-3-11-31-20/h3-12,23,25H,13H2,1-2H3,(H,22,26). The number of nitrogens with zero attached hydrogens (tertiary/aromatic N) is 1. The number of anilines is 3. The Hall–Kier alpha value is -3.57. The molecule has 0 atom stereocenters. The third kappa shape index (κ3) is 5.77. The highest BCUT2D eigenvalue weighted by molar-refractivity contribution is 7.94. The Morgan fingerprint density at radius 2 is 1.75 bits per heavy atom. The molecule has 11 heteroatoms. The number of ether oxygens (including phenoxy) is 1. The molecule has 0 unspecified atom stereocenters. The smallest absolute Gasteiger partial charge is 0.342 e. The van der Waals surface area contributed by atoms with E-state index < -0.39 is 34.3 Å². The molecular weight excluding hydrogens is 454 g/mol. The van der Waals surface area contributed by atoms with Crippen LogP contribution in [0.2, 0.25) is 0 Å². The lowest BCUT2D eigenvalue weighted by atomic mass is 10.2. The Kier molecular flexibility index (Phi) is 7.01. The number of sulfonamides is 1. The SMILES string of the molecule is CN(C)c1ccc(NC(=O)COC(=O)c2ccc(NS(=O)(=O)c3cccs3)cc2O)cc1. The Labute approximate surface area is 189 Å². The van der Waals surface area contributed by atoms with Gasteiger partial charge in [0.15, 0.2) is 6.61 Å². The Balaban J connectivity index is 1.57. The third-order valence-electron chi connectivity index (χ3n) is 4.23. The van der Waals surface area contributed by atoms with Crippen molar-refractivity contribution in [2.24, 2.45) is 0 Å². The molecule has 0 aliphatic rings. The second-order valence-corrected chi connectivity index (χ2v) is 9.69. The normalized spacial score (nSPS) is 10.9. The van der Waals surface area contributed by atoms with Crippen LogP contribution in [0.4, 0.5) is 17.1 Å². The maximum atomic E-state index is 12.3. The van der Waals surface area contributed by atoms with Crippen molar-refractivity contribution in [3.05, 3.63) is 65.5 Å². The van der Waals surface area contributed by atoms with Crippen molar-refractivity contribution in [3.63, 3.8) is 0 Å². The van der Waals surface area contributed by atoms with Crippen molar-refractivity contribution in [2.45, 2.75) is 4.21 Å². The van der Waals surface area contributed by atoms with Gasteiger partial charge >= 0.3 is 5.97 Å². The van der Waals surface area contributed by atoms with Crippen LogP contribution in [-0.2, 0) is 19.6 Å². The molecule has 0 saturated carbocycles. The van der Waals surface area contributed by atoms with E-state index in [1.54, 1.807) is 23.6 Å². The minimum atomic E-state index is -3.79. The predicted molar refractivity (Wildman–Crippen MR) is 123 cm³/mol. The highest BCUT2D eigenvalue weighted by Crippen LogP contribution is 2.26. The highest BCUT2D eigenvalue weighted by atomic mass is 32.2. The molecule has 1 aromatic heterocycles. The minimum absolute atomic E-state index is 0.0753. The molecular formula is C21H21N3O6S2. The number of hydrogen-bond acceptors (Lipinski definition) is 8. The van der Waals surface area contributed by atoms with Gasteiger partial charge in [-0.25, -0.2) is 13.2 Å². The Morgan fingerprint density at radius 1 is 1.06 bits per heavy atom. The summed E-state index contributed by atoms with van der Waals surface area (Å²) in [5, 5.41) is 14.4. The summed E-state index contributed by atoms with van der Waals surface area (Å²) >= 11 is 1.05. The summed E-state index contributed by atoms with van der Waals surface area (Å²) in [4.78, 5) is 26.2. The second-order valence-electron chi connectivity index (χ2n) is 6.84. The van der Waals surface area contributed by atoms with Gasteiger partial charge in [0, 0.05) is 31.5 Å². The Bertz CT molecular complexity index is 1210. The maximum absolute atomic E-state index is 12.3. The van der Waals surface area contributed by atoms with E-state index in [4.69, 9.17) is 4.74 Å². The van der Waals surface area contributed by atoms with Gasteiger partial charge in [-0.1, -0.05) is 6.07 Å². The molecule has 9 nitrogen and oxygen atoms in total. The van der Waals surface area contributed by atoms with E-state index >= 15 is 0 Å². The number of esters is 1. The van der Waals surface area contributed by atoms with Crippen LogP contribution < -0.4 is 14.9 Å². The summed E-state index contributed by atoms with van der Waals surface area (Å²) in [7, 11) is 0.0000963. The lowest BCUT2D eigenvalue weighted by Crippen LogP contribution is -2.21. The lowest BCUT2D eigenvalue weighted by Gasteiger charge is -2.13. The summed E-state index contributed by atoms with van der Waals surface area (Å²) in [6.07, 6.45) is 0. The molecule has 0 aliphatic heterocycles. The second kappa shape index (κ2) is 9.71. The zero-order chi connectivity index (χ0) is 23.3. The van der Waals surface area contributed by atoms with Crippen molar-refractivity contribution < 1.29 is 27.9 Å². The van der Waals surface area contributed by atoms with Crippen LogP contribution in [0.25, 0.3) is 0 Å². The molecule has 168 valence electrons. The molecule has 0 spiro atoms. The largest absolute Gasteiger partial charge is 0.507 e. The molecule has 3 rings (SSSR count). The van der Waals surface area contributed by atoms with Crippen LogP contribution in [0.1, 0.15) is 10.4 Å². The highest BCUT2D eigenvalue weighted by Gasteiger charge is 2.19. The molecule has 1 heterocycles. The van der Waals surface area contributed by atoms with Crippen LogP contribution in [0.5, 0.6) is 5.75 Å². The zero-order valence-corrected chi connectivity index (χ0v) is 18.9. The number of phenolic OH excluding ortho intramolecular Hbond substituents is 1. The molecule has 0 radical (unpaired) electrons. The van der Waals surface area contributed by atoms with E-state index in [0.29, 0.717) is 5.69 Å². The number of benzene rings is 2. The van der Waals surface area contributed by atoms with E-state index in [2.05, 4.69) is 10.0 Å². The van der Waals surface area contributed by atoms with Crippen molar-refractivity contribution in [2.75, 3.05) is 35.6 Å². The van der Waals surface area contributed by atoms with E-state index in [1.165, 1.54) is 18.2 Å². The van der Waals surface area contributed by atoms with E-state index in [-0.39, 0.29) is 15.5 Å². The van der Waals surface area contributed by atoms with E-state index in [9.17, 15) is 23.1 Å². The van der Waals surface area contributed by atoms with Crippen molar-refractivity contribution in [1.82, 2.24) is 0 Å². The van der Waals surface area contributed by atoms with Crippen LogP contribution in [0.3, 0.4) is 0 Å². The predicted octanol–water partition coefficient (Wildman–Crippen LogP) is 3.12. The maximum Gasteiger partial charge on any atom is 0.342 e. The average Bonchev–Trinajstić information content (AvgIpc) is 3.28. The fourth-order valence-corrected chi connectivity index (χ4v) is 4.68. The summed E-state index contributed by atoms with van der Waals surface area (Å²) in [5.41, 5.74) is 1.38. The first-order valence-electron chi connectivity index (χ1n) is 9.29. The van der Waals surface area contributed by atoms with Gasteiger partial charge in [0.1, 0.15) is 15.5 Å². The van der Waals surface area contributed by atoms with Crippen molar-refractivity contribution >= 4 is 50.3 Å². The van der Waals surface area contributed by atoms with Gasteiger partial charge in [0.25, 0.3) is 15.9 Å². The van der Waals surface area contributed by atoms with E-state index in [1.807, 2.05) is 31.1 Å². The molecule has 3 N–H and O–H groups in total. The number of nitrogens with one attached hydrogen (secondary N) is 2. The fraction of sp³-hybridized carbons (Fsp3) is 0.143. The van der Waals surface area contributed by atoms with Gasteiger partial charge in [-0.3, -0.25) is 9.52 Å². The first-order chi connectivity index (χ1) is 15.2. The van der Waals surface area contributed by atoms with Crippen LogP contribution in [0.15, 0.2) is 64.2 Å². The van der Waals surface area contributed by atoms with Crippen molar-refractivity contribution in [3.8, 4) is 5.75 Å². The molecule has 0 bridgehead atoms. The molecule has 1 amide bonds. The lowest BCUT2D eigenvalue weighted by molar-refractivity contribution is -0.119. The number of phenols is 1. The number of amides is 1. The topological polar surface area (TPSA) is 125 Å². The fourth-order valence-electron chi connectivity index (χ4n) is 2.64. The van der Waals surface area contributed by atoms with E-state index in [0.717, 1.165) is 23.1 Å². The zero-order valence-electron chi connectivity index (χ0n) is 17.2. The average molecular weight is 476 g/mol. The number of hydrogen-bond donors (Lipinski definition) is 3. The molecule has 2 aromatic carbocycles. The van der Waals surface area contributed by atoms with Gasteiger partial charge in [-0.15, -0.1) is 11.3 Å². The molecule has 0 saturated heterocycles. The minimum Gasteiger partial charge on any atom is -0.507 e. The summed E-state index contributed by atoms with van der Waals surface area (Å²) in [6.45, 7) is -0.555. The number of carbonyl (C=O) groups is 2. The number of carbonyl (C=O) groups excluding carboxylic acids is 2. The van der Waals surface area contributed by atoms with Gasteiger partial charge in [0.2, 0.25) is 0 Å². The summed E-state index contributed by atoms with van der Waals surface area (Å²) in [5.74, 6) is -1.95. The first-order valence-corrected chi connectivity index (χ1v) is 11.7.